The van der Waals surface area contributed by atoms with Gasteiger partial charge in [0.1, 0.15) is 23.6 Å². The molecule has 3 heterocycles. The average molecular weight is 657 g/mol. The normalized spacial score (nSPS) is 19.0. The number of benzene rings is 4. The van der Waals surface area contributed by atoms with Gasteiger partial charge in [0, 0.05) is 23.2 Å². The highest BCUT2D eigenvalue weighted by atomic mass is 16.3. The number of hydrogen-bond acceptors (Lipinski definition) is 5. The summed E-state index contributed by atoms with van der Waals surface area (Å²) in [6, 6.07) is 37.2. The van der Waals surface area contributed by atoms with Crippen molar-refractivity contribution in [2.75, 3.05) is 13.1 Å². The fraction of sp³-hybridized carbons (Fsp3) is 0.186. The lowest BCUT2D eigenvalue weighted by atomic mass is 9.91. The molecule has 1 aliphatic rings. The van der Waals surface area contributed by atoms with Gasteiger partial charge in [-0.05, 0) is 58.7 Å². The number of urea groups is 1. The fourth-order valence-corrected chi connectivity index (χ4v) is 6.55. The molecule has 7 nitrogen and oxygen atoms in total. The van der Waals surface area contributed by atoms with Gasteiger partial charge in [0.15, 0.2) is 0 Å². The van der Waals surface area contributed by atoms with Gasteiger partial charge in [0.2, 0.25) is 0 Å². The molecule has 50 heavy (non-hydrogen) atoms. The average Bonchev–Trinajstić information content (AvgIpc) is 3.22. The van der Waals surface area contributed by atoms with Crippen LogP contribution in [0.25, 0.3) is 21.5 Å². The Morgan fingerprint density at radius 2 is 0.920 bits per heavy atom. The van der Waals surface area contributed by atoms with Crippen LogP contribution in [0, 0.1) is 23.7 Å². The van der Waals surface area contributed by atoms with Gasteiger partial charge >= 0.3 is 6.03 Å². The monoisotopic (exact) mass is 656 g/mol. The van der Waals surface area contributed by atoms with E-state index in [1.165, 1.54) is 0 Å². The molecule has 2 aromatic heterocycles. The van der Waals surface area contributed by atoms with Crippen LogP contribution in [0.5, 0.6) is 0 Å². The number of aliphatic hydroxyl groups is 2. The van der Waals surface area contributed by atoms with Crippen LogP contribution in [0.4, 0.5) is 4.79 Å². The third kappa shape index (κ3) is 7.36. The lowest BCUT2D eigenvalue weighted by Gasteiger charge is -2.33. The van der Waals surface area contributed by atoms with Gasteiger partial charge in [0.25, 0.3) is 0 Å². The van der Waals surface area contributed by atoms with Gasteiger partial charge in [-0.2, -0.15) is 0 Å². The van der Waals surface area contributed by atoms with Gasteiger partial charge in [-0.15, -0.1) is 0 Å². The summed E-state index contributed by atoms with van der Waals surface area (Å²) in [6.07, 6.45) is 1.72. The van der Waals surface area contributed by atoms with Crippen molar-refractivity contribution in [3.05, 3.63) is 156 Å². The molecule has 7 rings (SSSR count). The maximum absolute atomic E-state index is 14.7. The molecule has 4 atom stereocenters. The number of carbonyl (C=O) groups is 1. The largest absolute Gasteiger partial charge is 0.388 e. The second-order valence-corrected chi connectivity index (χ2v) is 12.5. The molecular formula is C43H36N4O3. The van der Waals surface area contributed by atoms with E-state index in [1.807, 2.05) is 121 Å². The number of pyridine rings is 2. The minimum atomic E-state index is -1.26. The zero-order valence-electron chi connectivity index (χ0n) is 27.4. The molecule has 246 valence electrons. The molecular weight excluding hydrogens is 620 g/mol. The first-order valence-corrected chi connectivity index (χ1v) is 16.7. The molecule has 0 unspecified atom stereocenters. The maximum atomic E-state index is 14.7. The molecule has 7 heteroatoms. The van der Waals surface area contributed by atoms with E-state index in [4.69, 9.17) is 0 Å². The van der Waals surface area contributed by atoms with Crippen molar-refractivity contribution in [3.8, 4) is 23.7 Å². The zero-order valence-corrected chi connectivity index (χ0v) is 27.4. The zero-order chi connectivity index (χ0) is 34.3. The first kappa shape index (κ1) is 32.6. The number of hydrogen-bond donors (Lipinski definition) is 2. The second kappa shape index (κ2) is 15.1. The predicted octanol–water partition coefficient (Wildman–Crippen LogP) is 5.87. The van der Waals surface area contributed by atoms with Crippen LogP contribution >= 0.6 is 0 Å². The number of nitrogens with zero attached hydrogens (tertiary/aromatic N) is 4. The van der Waals surface area contributed by atoms with Crippen molar-refractivity contribution in [1.29, 1.82) is 0 Å². The molecule has 1 fully saturated rings. The number of carbonyl (C=O) groups excluding carboxylic acids is 1. The molecule has 0 bridgehead atoms. The molecule has 0 spiro atoms. The van der Waals surface area contributed by atoms with Crippen molar-refractivity contribution in [3.63, 3.8) is 0 Å². The fourth-order valence-electron chi connectivity index (χ4n) is 6.55. The number of aromatic nitrogens is 2. The summed E-state index contributed by atoms with van der Waals surface area (Å²) < 4.78 is 0. The van der Waals surface area contributed by atoms with E-state index >= 15 is 0 Å². The molecule has 0 saturated carbocycles. The Morgan fingerprint density at radius 3 is 1.34 bits per heavy atom. The van der Waals surface area contributed by atoms with E-state index < -0.39 is 24.3 Å². The van der Waals surface area contributed by atoms with Gasteiger partial charge in [-0.3, -0.25) is 0 Å². The van der Waals surface area contributed by atoms with Crippen molar-refractivity contribution in [2.45, 2.75) is 37.1 Å². The summed E-state index contributed by atoms with van der Waals surface area (Å²) in [7, 11) is 0. The van der Waals surface area contributed by atoms with E-state index in [-0.39, 0.29) is 19.1 Å². The van der Waals surface area contributed by atoms with Crippen LogP contribution in [-0.2, 0) is 12.8 Å². The van der Waals surface area contributed by atoms with E-state index in [2.05, 4.69) is 33.6 Å². The highest BCUT2D eigenvalue weighted by molar-refractivity contribution is 5.83. The van der Waals surface area contributed by atoms with Gasteiger partial charge < -0.3 is 20.0 Å². The minimum absolute atomic E-state index is 0.0167. The van der Waals surface area contributed by atoms with Crippen LogP contribution in [0.15, 0.2) is 134 Å². The van der Waals surface area contributed by atoms with Crippen molar-refractivity contribution in [1.82, 2.24) is 19.8 Å². The number of aliphatic hydroxyl groups excluding tert-OH is 2. The Labute approximate surface area is 291 Å². The van der Waals surface area contributed by atoms with Crippen molar-refractivity contribution >= 4 is 27.6 Å². The highest BCUT2D eigenvalue weighted by Gasteiger charge is 2.46. The Kier molecular flexibility index (Phi) is 9.80. The summed E-state index contributed by atoms with van der Waals surface area (Å²) in [5.41, 5.74) is 3.03. The Balaban J connectivity index is 1.25. The number of rotatable bonds is 6. The first-order chi connectivity index (χ1) is 24.5. The molecule has 1 aliphatic heterocycles. The first-order valence-electron chi connectivity index (χ1n) is 16.7. The van der Waals surface area contributed by atoms with Crippen molar-refractivity contribution in [2.24, 2.45) is 0 Å². The standard InChI is InChI=1S/C43H36N4O3/c48-41-39(25-31-13-3-1-4-14-31)46(23-11-21-37-27-33-17-7-9-19-35(33)29-44-37)43(50)47(40(42(41)49)26-32-15-5-2-6-16-32)24-12-22-38-28-34-18-8-10-20-36(34)30-45-38/h1-10,13-20,27-30,39-42,48-49H,23-26H2/t39-,40-,41+,42+/m1/s1. The van der Waals surface area contributed by atoms with Crippen LogP contribution in [0.1, 0.15) is 22.5 Å². The Hall–Kier alpha value is -5.99. The maximum Gasteiger partial charge on any atom is 0.322 e. The van der Waals surface area contributed by atoms with Gasteiger partial charge in [-0.1, -0.05) is 121 Å². The minimum Gasteiger partial charge on any atom is -0.388 e. The summed E-state index contributed by atoms with van der Waals surface area (Å²) in [4.78, 5) is 26.9. The molecule has 0 radical (unpaired) electrons. The van der Waals surface area contributed by atoms with Crippen molar-refractivity contribution < 1.29 is 15.0 Å². The highest BCUT2D eigenvalue weighted by Crippen LogP contribution is 2.27. The second-order valence-electron chi connectivity index (χ2n) is 12.5. The molecule has 1 saturated heterocycles. The van der Waals surface area contributed by atoms with E-state index in [0.29, 0.717) is 24.2 Å². The molecule has 4 aromatic carbocycles. The lowest BCUT2D eigenvalue weighted by molar-refractivity contribution is -0.0374. The van der Waals surface area contributed by atoms with Gasteiger partial charge in [-0.25, -0.2) is 14.8 Å². The molecule has 6 aromatic rings. The molecule has 2 amide bonds. The van der Waals surface area contributed by atoms with E-state index in [0.717, 1.165) is 32.7 Å². The SMILES string of the molecule is O=C1N(CC#Cc2cc3ccccc3cn2)[C@H](Cc2ccccc2)[C@H](O)[C@@H](O)[C@@H](Cc2ccccc2)N1CC#Cc1cc2ccccc2cn1. The molecule has 0 aliphatic carbocycles. The quantitative estimate of drug-likeness (QED) is 0.219. The topological polar surface area (TPSA) is 89.8 Å². The van der Waals surface area contributed by atoms with Crippen LogP contribution in [-0.4, -0.2) is 73.4 Å². The van der Waals surface area contributed by atoms with Crippen LogP contribution in [0.3, 0.4) is 0 Å². The Morgan fingerprint density at radius 1 is 0.540 bits per heavy atom. The van der Waals surface area contributed by atoms with Crippen LogP contribution in [0.2, 0.25) is 0 Å². The van der Waals surface area contributed by atoms with Gasteiger partial charge in [0.05, 0.1) is 25.2 Å². The Bertz CT molecular complexity index is 2080. The van der Waals surface area contributed by atoms with E-state index in [9.17, 15) is 15.0 Å². The summed E-state index contributed by atoms with van der Waals surface area (Å²) >= 11 is 0. The summed E-state index contributed by atoms with van der Waals surface area (Å²) in [5, 5.41) is 27.9. The number of amides is 2. The third-order valence-corrected chi connectivity index (χ3v) is 9.20. The third-order valence-electron chi connectivity index (χ3n) is 9.20. The predicted molar refractivity (Wildman–Crippen MR) is 196 cm³/mol. The number of fused-ring (bicyclic) bond motifs is 2. The lowest BCUT2D eigenvalue weighted by Crippen LogP contribution is -2.51. The summed E-state index contributed by atoms with van der Waals surface area (Å²) in [5.74, 6) is 12.6. The smallest absolute Gasteiger partial charge is 0.322 e. The summed E-state index contributed by atoms with van der Waals surface area (Å²) in [6.45, 7) is 0.0334. The molecule has 2 N–H and O–H groups in total. The van der Waals surface area contributed by atoms with Crippen LogP contribution < -0.4 is 0 Å². The van der Waals surface area contributed by atoms with E-state index in [1.54, 1.807) is 22.2 Å².